The number of nitrogens with one attached hydrogen (secondary N) is 2. The monoisotopic (exact) mass is 399 g/mol. The summed E-state index contributed by atoms with van der Waals surface area (Å²) in [5.74, 6) is -0.276. The highest BCUT2D eigenvalue weighted by Crippen LogP contribution is 2.25. The van der Waals surface area contributed by atoms with Gasteiger partial charge in [0.15, 0.2) is 17.0 Å². The molecule has 0 aliphatic carbocycles. The van der Waals surface area contributed by atoms with Gasteiger partial charge in [-0.3, -0.25) is 14.9 Å². The zero-order chi connectivity index (χ0) is 20.8. The molecule has 0 aliphatic heterocycles. The van der Waals surface area contributed by atoms with Crippen molar-refractivity contribution in [3.05, 3.63) is 40.7 Å². The average Bonchev–Trinajstić information content (AvgIpc) is 3.08. The van der Waals surface area contributed by atoms with Crippen molar-refractivity contribution < 1.29 is 14.8 Å². The van der Waals surface area contributed by atoms with E-state index in [9.17, 15) is 14.9 Å². The molecule has 11 nitrogen and oxygen atoms in total. The third-order valence-corrected chi connectivity index (χ3v) is 4.17. The summed E-state index contributed by atoms with van der Waals surface area (Å²) < 4.78 is 1.43. The van der Waals surface area contributed by atoms with Gasteiger partial charge in [-0.15, -0.1) is 0 Å². The van der Waals surface area contributed by atoms with Crippen LogP contribution in [-0.4, -0.2) is 42.1 Å². The number of non-ortho nitro benzene ring substituents is 1. The second-order valence-corrected chi connectivity index (χ2v) is 6.40. The number of nitrogens with zero attached hydrogens (tertiary/aromatic N) is 5. The van der Waals surface area contributed by atoms with Gasteiger partial charge in [0.2, 0.25) is 5.95 Å². The Morgan fingerprint density at radius 2 is 2.00 bits per heavy atom. The van der Waals surface area contributed by atoms with Gasteiger partial charge in [-0.05, 0) is 18.6 Å². The number of carboxylic acids is 1. The van der Waals surface area contributed by atoms with E-state index in [-0.39, 0.29) is 12.2 Å². The SMILES string of the molecule is CCCCCNc1nc(Nc2ccc([N+](=O)[O-])cc2)c2ncn(CC(=O)O)c2n1. The lowest BCUT2D eigenvalue weighted by atomic mass is 10.2. The minimum Gasteiger partial charge on any atom is -0.480 e. The summed E-state index contributed by atoms with van der Waals surface area (Å²) in [6.07, 6.45) is 4.51. The summed E-state index contributed by atoms with van der Waals surface area (Å²) >= 11 is 0. The van der Waals surface area contributed by atoms with Crippen LogP contribution in [0.2, 0.25) is 0 Å². The minimum absolute atomic E-state index is 0.0209. The summed E-state index contributed by atoms with van der Waals surface area (Å²) in [5.41, 5.74) is 1.35. The van der Waals surface area contributed by atoms with Crippen LogP contribution in [0.25, 0.3) is 11.2 Å². The largest absolute Gasteiger partial charge is 0.480 e. The van der Waals surface area contributed by atoms with Crippen molar-refractivity contribution in [3.8, 4) is 0 Å². The molecule has 0 fully saturated rings. The van der Waals surface area contributed by atoms with Gasteiger partial charge in [0, 0.05) is 24.4 Å². The van der Waals surface area contributed by atoms with Crippen LogP contribution in [0.15, 0.2) is 30.6 Å². The smallest absolute Gasteiger partial charge is 0.323 e. The molecular weight excluding hydrogens is 378 g/mol. The highest BCUT2D eigenvalue weighted by Gasteiger charge is 2.15. The minimum atomic E-state index is -1.01. The first kappa shape index (κ1) is 20.0. The van der Waals surface area contributed by atoms with Crippen LogP contribution in [-0.2, 0) is 11.3 Å². The van der Waals surface area contributed by atoms with Crippen LogP contribution in [0.1, 0.15) is 26.2 Å². The van der Waals surface area contributed by atoms with Crippen molar-refractivity contribution >= 4 is 40.3 Å². The van der Waals surface area contributed by atoms with Gasteiger partial charge in [-0.25, -0.2) is 4.98 Å². The van der Waals surface area contributed by atoms with Gasteiger partial charge in [-0.1, -0.05) is 19.8 Å². The molecule has 29 heavy (non-hydrogen) atoms. The maximum absolute atomic E-state index is 11.1. The van der Waals surface area contributed by atoms with Crippen LogP contribution < -0.4 is 10.6 Å². The maximum atomic E-state index is 11.1. The molecule has 3 N–H and O–H groups in total. The van der Waals surface area contributed by atoms with E-state index in [0.29, 0.717) is 35.2 Å². The lowest BCUT2D eigenvalue weighted by Gasteiger charge is -2.10. The lowest BCUT2D eigenvalue weighted by Crippen LogP contribution is -2.11. The Morgan fingerprint density at radius 3 is 2.66 bits per heavy atom. The lowest BCUT2D eigenvalue weighted by molar-refractivity contribution is -0.384. The molecule has 3 rings (SSSR count). The predicted molar refractivity (Wildman–Crippen MR) is 107 cm³/mol. The Morgan fingerprint density at radius 1 is 1.24 bits per heavy atom. The number of nitro groups is 1. The normalized spacial score (nSPS) is 10.8. The number of anilines is 3. The maximum Gasteiger partial charge on any atom is 0.323 e. The third-order valence-electron chi connectivity index (χ3n) is 4.17. The second-order valence-electron chi connectivity index (χ2n) is 6.40. The van der Waals surface area contributed by atoms with Gasteiger partial charge >= 0.3 is 5.97 Å². The summed E-state index contributed by atoms with van der Waals surface area (Å²) in [5, 5.41) is 26.2. The molecule has 0 saturated carbocycles. The van der Waals surface area contributed by atoms with Crippen molar-refractivity contribution in [1.82, 2.24) is 19.5 Å². The van der Waals surface area contributed by atoms with E-state index in [1.807, 2.05) is 0 Å². The fraction of sp³-hybridized carbons (Fsp3) is 0.333. The number of rotatable bonds is 10. The highest BCUT2D eigenvalue weighted by molar-refractivity contribution is 5.87. The Bertz CT molecular complexity index is 1020. The number of carboxylic acid groups (broad SMARTS) is 1. The second kappa shape index (κ2) is 8.95. The molecule has 0 aliphatic rings. The van der Waals surface area contributed by atoms with Gasteiger partial charge in [0.25, 0.3) is 5.69 Å². The first-order valence-electron chi connectivity index (χ1n) is 9.18. The molecule has 152 valence electrons. The molecule has 0 unspecified atom stereocenters. The zero-order valence-electron chi connectivity index (χ0n) is 15.8. The molecule has 3 aromatic rings. The number of benzene rings is 1. The highest BCUT2D eigenvalue weighted by atomic mass is 16.6. The van der Waals surface area contributed by atoms with Crippen molar-refractivity contribution in [2.45, 2.75) is 32.7 Å². The molecular formula is C18H21N7O4. The van der Waals surface area contributed by atoms with E-state index in [2.05, 4.69) is 32.5 Å². The van der Waals surface area contributed by atoms with Gasteiger partial charge in [-0.2, -0.15) is 9.97 Å². The fourth-order valence-corrected chi connectivity index (χ4v) is 2.75. The molecule has 0 amide bonds. The van der Waals surface area contributed by atoms with Crippen LogP contribution >= 0.6 is 0 Å². The van der Waals surface area contributed by atoms with Gasteiger partial charge < -0.3 is 20.3 Å². The Labute approximate surface area is 166 Å². The molecule has 0 bridgehead atoms. The molecule has 11 heteroatoms. The van der Waals surface area contributed by atoms with Crippen molar-refractivity contribution in [1.29, 1.82) is 0 Å². The summed E-state index contributed by atoms with van der Waals surface area (Å²) in [6, 6.07) is 5.89. The zero-order valence-corrected chi connectivity index (χ0v) is 15.8. The van der Waals surface area contributed by atoms with Crippen molar-refractivity contribution in [2.75, 3.05) is 17.2 Å². The van der Waals surface area contributed by atoms with E-state index < -0.39 is 10.9 Å². The number of unbranched alkanes of at least 4 members (excludes halogenated alkanes) is 2. The van der Waals surface area contributed by atoms with E-state index >= 15 is 0 Å². The van der Waals surface area contributed by atoms with E-state index in [1.165, 1.54) is 23.0 Å². The summed E-state index contributed by atoms with van der Waals surface area (Å²) in [7, 11) is 0. The number of carbonyl (C=O) groups is 1. The number of nitro benzene ring substituents is 1. The molecule has 2 heterocycles. The first-order valence-corrected chi connectivity index (χ1v) is 9.18. The number of imidazole rings is 1. The standard InChI is InChI=1S/C18H21N7O4/c1-2-3-4-9-19-18-22-16(21-12-5-7-13(8-6-12)25(28)29)15-17(23-18)24(11-20-15)10-14(26)27/h5-8,11H,2-4,9-10H2,1H3,(H,26,27)(H2,19,21,22,23). The van der Waals surface area contributed by atoms with E-state index in [4.69, 9.17) is 5.11 Å². The number of aromatic nitrogens is 4. The average molecular weight is 399 g/mol. The quantitative estimate of drug-likeness (QED) is 0.265. The number of aliphatic carboxylic acids is 1. The number of hydrogen-bond acceptors (Lipinski definition) is 8. The Hall–Kier alpha value is -3.76. The number of hydrogen-bond donors (Lipinski definition) is 3. The van der Waals surface area contributed by atoms with Gasteiger partial charge in [0.05, 0.1) is 11.3 Å². The van der Waals surface area contributed by atoms with E-state index in [0.717, 1.165) is 19.3 Å². The summed E-state index contributed by atoms with van der Waals surface area (Å²) in [6.45, 7) is 2.52. The molecule has 0 radical (unpaired) electrons. The van der Waals surface area contributed by atoms with Gasteiger partial charge in [0.1, 0.15) is 6.54 Å². The van der Waals surface area contributed by atoms with Crippen molar-refractivity contribution in [2.24, 2.45) is 0 Å². The molecule has 0 saturated heterocycles. The van der Waals surface area contributed by atoms with Crippen LogP contribution in [0.4, 0.5) is 23.1 Å². The molecule has 0 atom stereocenters. The Balaban J connectivity index is 1.93. The third kappa shape index (κ3) is 4.94. The van der Waals surface area contributed by atoms with Crippen LogP contribution in [0, 0.1) is 10.1 Å². The van der Waals surface area contributed by atoms with Crippen LogP contribution in [0.3, 0.4) is 0 Å². The van der Waals surface area contributed by atoms with E-state index in [1.54, 1.807) is 12.1 Å². The summed E-state index contributed by atoms with van der Waals surface area (Å²) in [4.78, 5) is 34.6. The van der Waals surface area contributed by atoms with Crippen LogP contribution in [0.5, 0.6) is 0 Å². The fourth-order valence-electron chi connectivity index (χ4n) is 2.75. The molecule has 0 spiro atoms. The molecule has 1 aromatic carbocycles. The van der Waals surface area contributed by atoms with Crippen molar-refractivity contribution in [3.63, 3.8) is 0 Å². The Kier molecular flexibility index (Phi) is 6.17. The first-order chi connectivity index (χ1) is 14.0. The predicted octanol–water partition coefficient (Wildman–Crippen LogP) is 3.16. The topological polar surface area (TPSA) is 148 Å². The molecule has 2 aromatic heterocycles. The number of fused-ring (bicyclic) bond motifs is 1.